The van der Waals surface area contributed by atoms with E-state index in [2.05, 4.69) is 15.3 Å². The predicted molar refractivity (Wildman–Crippen MR) is 109 cm³/mol. The first-order chi connectivity index (χ1) is 13.7. The Labute approximate surface area is 163 Å². The van der Waals surface area contributed by atoms with E-state index in [-0.39, 0.29) is 23.7 Å². The number of rotatable bonds is 3. The van der Waals surface area contributed by atoms with Gasteiger partial charge in [-0.25, -0.2) is 4.98 Å². The minimum absolute atomic E-state index is 0.0425. The summed E-state index contributed by atoms with van der Waals surface area (Å²) in [6, 6.07) is 15.7. The molecule has 1 aromatic heterocycles. The molecule has 28 heavy (non-hydrogen) atoms. The molecule has 2 N–H and O–H groups in total. The lowest BCUT2D eigenvalue weighted by atomic mass is 9.67. The third-order valence-corrected chi connectivity index (χ3v) is 6.23. The first kappa shape index (κ1) is 17.2. The highest BCUT2D eigenvalue weighted by Crippen LogP contribution is 2.40. The smallest absolute Gasteiger partial charge is 0.227 e. The molecule has 0 saturated heterocycles. The zero-order valence-electron chi connectivity index (χ0n) is 15.7. The number of benzene rings is 2. The van der Waals surface area contributed by atoms with Crippen molar-refractivity contribution >= 4 is 28.4 Å². The maximum atomic E-state index is 12.7. The lowest BCUT2D eigenvalue weighted by Crippen LogP contribution is -2.40. The number of fused-ring (bicyclic) bond motifs is 3. The van der Waals surface area contributed by atoms with Gasteiger partial charge in [0.15, 0.2) is 0 Å². The molecular weight excluding hydrogens is 350 g/mol. The average molecular weight is 373 g/mol. The number of nitrogens with one attached hydrogen (secondary N) is 2. The summed E-state index contributed by atoms with van der Waals surface area (Å²) >= 11 is 0. The molecule has 1 heterocycles. The second kappa shape index (κ2) is 6.89. The number of H-pyrrole nitrogens is 1. The fourth-order valence-corrected chi connectivity index (χ4v) is 4.74. The van der Waals surface area contributed by atoms with E-state index >= 15 is 0 Å². The van der Waals surface area contributed by atoms with Crippen LogP contribution in [0.3, 0.4) is 0 Å². The Morgan fingerprint density at radius 3 is 2.43 bits per heavy atom. The quantitative estimate of drug-likeness (QED) is 0.706. The van der Waals surface area contributed by atoms with E-state index in [0.29, 0.717) is 18.6 Å². The molecule has 5 nitrogen and oxygen atoms in total. The van der Waals surface area contributed by atoms with Gasteiger partial charge in [0, 0.05) is 29.0 Å². The number of aromatic nitrogens is 2. The van der Waals surface area contributed by atoms with Crippen LogP contribution in [0.15, 0.2) is 48.5 Å². The van der Waals surface area contributed by atoms with Crippen LogP contribution in [0.2, 0.25) is 0 Å². The second-order valence-electron chi connectivity index (χ2n) is 8.06. The number of nitrogens with zero attached hydrogens (tertiary/aromatic N) is 1. The summed E-state index contributed by atoms with van der Waals surface area (Å²) in [6.07, 6.45) is 4.44. The van der Waals surface area contributed by atoms with Crippen molar-refractivity contribution in [1.29, 1.82) is 0 Å². The molecule has 2 saturated carbocycles. The van der Waals surface area contributed by atoms with Crippen molar-refractivity contribution in [3.05, 3.63) is 48.5 Å². The van der Waals surface area contributed by atoms with Gasteiger partial charge < -0.3 is 10.3 Å². The van der Waals surface area contributed by atoms with E-state index in [0.717, 1.165) is 47.4 Å². The molecule has 2 aliphatic carbocycles. The minimum atomic E-state index is -0.0527. The summed E-state index contributed by atoms with van der Waals surface area (Å²) in [7, 11) is 0. The molecule has 5 heteroatoms. The molecule has 142 valence electrons. The van der Waals surface area contributed by atoms with E-state index in [1.807, 2.05) is 48.5 Å². The summed E-state index contributed by atoms with van der Waals surface area (Å²) < 4.78 is 0. The van der Waals surface area contributed by atoms with Crippen LogP contribution < -0.4 is 5.32 Å². The van der Waals surface area contributed by atoms with Crippen LogP contribution in [0, 0.1) is 17.8 Å². The largest absolute Gasteiger partial charge is 0.338 e. The van der Waals surface area contributed by atoms with Gasteiger partial charge >= 0.3 is 0 Å². The number of amides is 1. The number of carbonyl (C=O) groups is 2. The van der Waals surface area contributed by atoms with Gasteiger partial charge in [0.2, 0.25) is 5.91 Å². The lowest BCUT2D eigenvalue weighted by Gasteiger charge is -2.36. The van der Waals surface area contributed by atoms with E-state index in [4.69, 9.17) is 0 Å². The van der Waals surface area contributed by atoms with E-state index in [1.165, 1.54) is 0 Å². The normalized spacial score (nSPS) is 24.3. The standard InChI is InChI=1S/C23H23N3O2/c27-21-15-4-3-5-16(21)13-17(12-15)23(28)24-18-10-8-14(9-11-18)22-25-19-6-1-2-7-20(19)26-22/h1-2,6-11,15-17H,3-5,12-13H2,(H,24,28)(H,25,26). The number of imidazole rings is 1. The third-order valence-electron chi connectivity index (χ3n) is 6.23. The number of Topliss-reactive ketones (excluding diaryl/α,β-unsaturated/α-hetero) is 1. The fraction of sp³-hybridized carbons (Fsp3) is 0.348. The topological polar surface area (TPSA) is 74.8 Å². The molecule has 0 radical (unpaired) electrons. The number of aromatic amines is 1. The Bertz CT molecular complexity index is 988. The first-order valence-electron chi connectivity index (χ1n) is 10.1. The number of hydrogen-bond donors (Lipinski definition) is 2. The summed E-state index contributed by atoms with van der Waals surface area (Å²) in [5.74, 6) is 1.39. The average Bonchev–Trinajstić information content (AvgIpc) is 3.12. The van der Waals surface area contributed by atoms with Crippen molar-refractivity contribution < 1.29 is 9.59 Å². The summed E-state index contributed by atoms with van der Waals surface area (Å²) in [5.41, 5.74) is 3.71. The van der Waals surface area contributed by atoms with Gasteiger partial charge in [0.25, 0.3) is 0 Å². The monoisotopic (exact) mass is 373 g/mol. The minimum Gasteiger partial charge on any atom is -0.338 e. The van der Waals surface area contributed by atoms with Crippen LogP contribution in [0.4, 0.5) is 5.69 Å². The van der Waals surface area contributed by atoms with Gasteiger partial charge in [0.1, 0.15) is 11.6 Å². The first-order valence-corrected chi connectivity index (χ1v) is 10.1. The third kappa shape index (κ3) is 3.11. The maximum Gasteiger partial charge on any atom is 0.227 e. The molecule has 5 rings (SSSR count). The molecular formula is C23H23N3O2. The van der Waals surface area contributed by atoms with Crippen molar-refractivity contribution in [3.63, 3.8) is 0 Å². The van der Waals surface area contributed by atoms with Gasteiger partial charge in [-0.1, -0.05) is 18.6 Å². The predicted octanol–water partition coefficient (Wildman–Crippen LogP) is 4.56. The van der Waals surface area contributed by atoms with Crippen molar-refractivity contribution in [2.75, 3.05) is 5.32 Å². The Morgan fingerprint density at radius 1 is 1.00 bits per heavy atom. The van der Waals surface area contributed by atoms with Crippen molar-refractivity contribution in [1.82, 2.24) is 9.97 Å². The SMILES string of the molecule is O=C(Nc1ccc(-c2nc3ccccc3[nH]2)cc1)C1CC2CCCC(C1)C2=O. The van der Waals surface area contributed by atoms with Gasteiger partial charge in [0.05, 0.1) is 11.0 Å². The molecule has 2 atom stereocenters. The summed E-state index contributed by atoms with van der Waals surface area (Å²) in [6.45, 7) is 0. The number of ketones is 1. The molecule has 0 spiro atoms. The molecule has 1 amide bonds. The number of carbonyl (C=O) groups excluding carboxylic acids is 2. The van der Waals surface area contributed by atoms with Crippen LogP contribution in [-0.2, 0) is 9.59 Å². The van der Waals surface area contributed by atoms with Crippen LogP contribution in [0.5, 0.6) is 0 Å². The zero-order chi connectivity index (χ0) is 19.1. The Balaban J connectivity index is 1.28. The van der Waals surface area contributed by atoms with Gasteiger partial charge in [-0.2, -0.15) is 0 Å². The Kier molecular flexibility index (Phi) is 4.23. The summed E-state index contributed by atoms with van der Waals surface area (Å²) in [4.78, 5) is 32.9. The number of para-hydroxylation sites is 2. The number of hydrogen-bond acceptors (Lipinski definition) is 3. The highest BCUT2D eigenvalue weighted by molar-refractivity contribution is 5.95. The van der Waals surface area contributed by atoms with Crippen molar-refractivity contribution in [3.8, 4) is 11.4 Å². The number of anilines is 1. The van der Waals surface area contributed by atoms with E-state index in [9.17, 15) is 9.59 Å². The van der Waals surface area contributed by atoms with Crippen LogP contribution in [0.25, 0.3) is 22.4 Å². The molecule has 2 fully saturated rings. The van der Waals surface area contributed by atoms with Gasteiger partial charge in [-0.3, -0.25) is 9.59 Å². The van der Waals surface area contributed by atoms with E-state index < -0.39 is 0 Å². The van der Waals surface area contributed by atoms with Gasteiger partial charge in [-0.05, 0) is 62.1 Å². The molecule has 0 aliphatic heterocycles. The lowest BCUT2D eigenvalue weighted by molar-refractivity contribution is -0.136. The highest BCUT2D eigenvalue weighted by atomic mass is 16.2. The molecule has 2 bridgehead atoms. The van der Waals surface area contributed by atoms with Crippen LogP contribution in [-0.4, -0.2) is 21.7 Å². The highest BCUT2D eigenvalue weighted by Gasteiger charge is 2.41. The molecule has 2 aliphatic rings. The van der Waals surface area contributed by atoms with E-state index in [1.54, 1.807) is 0 Å². The molecule has 2 aromatic carbocycles. The van der Waals surface area contributed by atoms with Crippen LogP contribution >= 0.6 is 0 Å². The Hall–Kier alpha value is -2.95. The van der Waals surface area contributed by atoms with Gasteiger partial charge in [-0.15, -0.1) is 0 Å². The van der Waals surface area contributed by atoms with Crippen molar-refractivity contribution in [2.24, 2.45) is 17.8 Å². The fourth-order valence-electron chi connectivity index (χ4n) is 4.74. The maximum absolute atomic E-state index is 12.7. The Morgan fingerprint density at radius 2 is 1.71 bits per heavy atom. The molecule has 3 aromatic rings. The zero-order valence-corrected chi connectivity index (χ0v) is 15.7. The van der Waals surface area contributed by atoms with Crippen molar-refractivity contribution in [2.45, 2.75) is 32.1 Å². The summed E-state index contributed by atoms with van der Waals surface area (Å²) in [5, 5.41) is 3.04. The van der Waals surface area contributed by atoms with Crippen LogP contribution in [0.1, 0.15) is 32.1 Å². The molecule has 2 unspecified atom stereocenters. The second-order valence-corrected chi connectivity index (χ2v) is 8.06.